The molecule has 1 unspecified atom stereocenters. The molecule has 0 saturated carbocycles. The summed E-state index contributed by atoms with van der Waals surface area (Å²) in [5, 5.41) is 17.9. The molecule has 0 bridgehead atoms. The first kappa shape index (κ1) is 61.8. The van der Waals surface area contributed by atoms with Crippen molar-refractivity contribution in [2.45, 2.75) is 64.3 Å². The van der Waals surface area contributed by atoms with Crippen LogP contribution in [-0.4, -0.2) is 44.6 Å². The van der Waals surface area contributed by atoms with Gasteiger partial charge in [-0.15, -0.1) is 0 Å². The number of benzene rings is 8. The van der Waals surface area contributed by atoms with Crippen LogP contribution in [0.4, 0.5) is 14.5 Å². The normalized spacial score (nSPS) is 13.6. The highest BCUT2D eigenvalue weighted by Crippen LogP contribution is 2.30. The molecule has 86 heavy (non-hydrogen) atoms. The lowest BCUT2D eigenvalue weighted by Crippen LogP contribution is -2.39. The Morgan fingerprint density at radius 1 is 0.477 bits per heavy atom. The second-order valence-electron chi connectivity index (χ2n) is 20.6. The van der Waals surface area contributed by atoms with E-state index in [4.69, 9.17) is 34.8 Å². The number of carbonyl (C=O) groups excluding carboxylic acids is 4. The second-order valence-corrected chi connectivity index (χ2v) is 22.8. The van der Waals surface area contributed by atoms with Crippen LogP contribution in [0.25, 0.3) is 32.7 Å². The Kier molecular flexibility index (Phi) is 20.4. The van der Waals surface area contributed by atoms with E-state index >= 15 is 0 Å². The van der Waals surface area contributed by atoms with E-state index in [-0.39, 0.29) is 63.9 Å². The van der Waals surface area contributed by atoms with Crippen molar-refractivity contribution in [3.8, 4) is 0 Å². The number of nitrogens with one attached hydrogen (secondary N) is 8. The Morgan fingerprint density at radius 2 is 0.919 bits per heavy atom. The summed E-state index contributed by atoms with van der Waals surface area (Å²) < 4.78 is 28.4. The van der Waals surface area contributed by atoms with Gasteiger partial charge in [-0.05, 0) is 134 Å². The van der Waals surface area contributed by atoms with Crippen LogP contribution in [0.5, 0.6) is 0 Å². The van der Waals surface area contributed by atoms with Crippen LogP contribution in [0.15, 0.2) is 205 Å². The fourth-order valence-corrected chi connectivity index (χ4v) is 10.6. The molecule has 438 valence electrons. The number of rotatable bonds is 12. The molecule has 11 aromatic rings. The highest BCUT2D eigenvalue weighted by atomic mass is 79.9. The Bertz CT molecular complexity index is 4130. The van der Waals surface area contributed by atoms with E-state index < -0.39 is 11.6 Å². The molecule has 5 atom stereocenters. The number of aromatic nitrogens is 3. The fourth-order valence-electron chi connectivity index (χ4n) is 9.67. The van der Waals surface area contributed by atoms with Crippen molar-refractivity contribution in [1.82, 2.24) is 36.2 Å². The molecule has 8 aromatic carbocycles. The zero-order valence-corrected chi connectivity index (χ0v) is 50.9. The SMILES string of the molecule is C[C@@H](NC(=O)C1Cc2cc(Cl)ccc2N1)c1ccccc1.C[C@@H](NC(=O)c1cc2c(F)c(Cl)ccc2[nH]1)c1ccccc1.C[C@@H](NC(=O)c1cc2cc(Br)ccc2[nH]1)c1ccccc1.C[C@@H](NC(=O)c1cc2cc(Cl)c(F)cc2[nH]1)c1ccccc1. The number of amides is 4. The second kappa shape index (κ2) is 28.4. The predicted molar refractivity (Wildman–Crippen MR) is 345 cm³/mol. The van der Waals surface area contributed by atoms with Gasteiger partial charge in [0.05, 0.1) is 34.2 Å². The molecular formula is C68H60BrCl3F2N8O4. The zero-order valence-electron chi connectivity index (χ0n) is 47.0. The minimum absolute atomic E-state index is 0.00667. The number of carbonyl (C=O) groups is 4. The van der Waals surface area contributed by atoms with Gasteiger partial charge in [0, 0.05) is 54.3 Å². The van der Waals surface area contributed by atoms with Gasteiger partial charge in [-0.25, -0.2) is 8.78 Å². The number of H-pyrrole nitrogens is 3. The van der Waals surface area contributed by atoms with Gasteiger partial charge in [-0.1, -0.05) is 172 Å². The standard InChI is InChI=1S/C17H15BrN2O.2C17H14ClFN2O.C17H17ClN2O/c1-11(12-5-3-2-4-6-12)19-17(21)16-10-13-9-14(18)7-8-15(13)20-16;1-10(11-5-3-2-4-6-11)20-17(22)16-8-12-7-13(18)14(19)9-15(12)21-16;1-10(11-5-3-2-4-6-11)20-17(22)15-9-12-14(21-15)8-7-13(18)16(12)19;1-11(12-5-3-2-4-6-12)19-17(21)16-10-13-9-14(18)7-8-15(13)20-16/h2-11,20H,1H3,(H,19,21);2*2-10,21H,1H3,(H,20,22);2-9,11,16,20H,10H2,1H3,(H,19,21)/t11-;2*10-;11-,16?/m1111/s1. The summed E-state index contributed by atoms with van der Waals surface area (Å²) in [6, 6.07) is 61.1. The van der Waals surface area contributed by atoms with Crippen LogP contribution in [-0.2, 0) is 11.2 Å². The number of halogens is 6. The van der Waals surface area contributed by atoms with Crippen LogP contribution in [0, 0.1) is 11.6 Å². The molecule has 0 aliphatic carbocycles. The average molecular weight is 1280 g/mol. The van der Waals surface area contributed by atoms with Crippen LogP contribution >= 0.6 is 50.7 Å². The molecule has 12 nitrogen and oxygen atoms in total. The van der Waals surface area contributed by atoms with Crippen molar-refractivity contribution in [2.24, 2.45) is 0 Å². The van der Waals surface area contributed by atoms with Crippen molar-refractivity contribution in [3.05, 3.63) is 276 Å². The highest BCUT2D eigenvalue weighted by Gasteiger charge is 2.28. The smallest absolute Gasteiger partial charge is 0.268 e. The Balaban J connectivity index is 0.000000137. The summed E-state index contributed by atoms with van der Waals surface area (Å²) in [6.07, 6.45) is 0.670. The summed E-state index contributed by atoms with van der Waals surface area (Å²) in [5.74, 6) is -1.66. The Morgan fingerprint density at radius 3 is 1.43 bits per heavy atom. The topological polar surface area (TPSA) is 176 Å². The van der Waals surface area contributed by atoms with Gasteiger partial charge >= 0.3 is 0 Å². The van der Waals surface area contributed by atoms with Crippen molar-refractivity contribution >= 4 is 113 Å². The Labute approximate surface area is 519 Å². The first-order valence-corrected chi connectivity index (χ1v) is 29.5. The molecule has 8 N–H and O–H groups in total. The monoisotopic (exact) mass is 1270 g/mol. The molecule has 0 spiro atoms. The predicted octanol–water partition coefficient (Wildman–Crippen LogP) is 16.9. The number of aromatic amines is 3. The lowest BCUT2D eigenvalue weighted by atomic mass is 10.1. The largest absolute Gasteiger partial charge is 0.373 e. The maximum absolute atomic E-state index is 13.9. The molecule has 4 heterocycles. The summed E-state index contributed by atoms with van der Waals surface area (Å²) >= 11 is 20.9. The molecule has 0 fully saturated rings. The van der Waals surface area contributed by atoms with Crippen LogP contribution < -0.4 is 26.6 Å². The van der Waals surface area contributed by atoms with E-state index in [2.05, 4.69) is 57.5 Å². The van der Waals surface area contributed by atoms with E-state index in [1.807, 2.05) is 191 Å². The first-order chi connectivity index (χ1) is 41.4. The van der Waals surface area contributed by atoms with Crippen LogP contribution in [0.3, 0.4) is 0 Å². The fraction of sp³-hybridized carbons (Fsp3) is 0.147. The minimum atomic E-state index is -0.523. The van der Waals surface area contributed by atoms with Crippen LogP contribution in [0.2, 0.25) is 15.1 Å². The van der Waals surface area contributed by atoms with E-state index in [1.54, 1.807) is 12.1 Å². The quantitative estimate of drug-likeness (QED) is 0.0606. The number of anilines is 1. The maximum Gasteiger partial charge on any atom is 0.268 e. The van der Waals surface area contributed by atoms with Gasteiger partial charge in [0.1, 0.15) is 28.9 Å². The van der Waals surface area contributed by atoms with Crippen molar-refractivity contribution in [2.75, 3.05) is 5.32 Å². The summed E-state index contributed by atoms with van der Waals surface area (Å²) in [6.45, 7) is 7.78. The highest BCUT2D eigenvalue weighted by molar-refractivity contribution is 9.10. The molecule has 1 aliphatic heterocycles. The molecule has 3 aromatic heterocycles. The van der Waals surface area contributed by atoms with Gasteiger partial charge in [0.2, 0.25) is 5.91 Å². The lowest BCUT2D eigenvalue weighted by molar-refractivity contribution is -0.122. The van der Waals surface area contributed by atoms with E-state index in [9.17, 15) is 28.0 Å². The first-order valence-electron chi connectivity index (χ1n) is 27.6. The van der Waals surface area contributed by atoms with Crippen molar-refractivity contribution < 1.29 is 28.0 Å². The summed E-state index contributed by atoms with van der Waals surface area (Å²) in [4.78, 5) is 58.3. The molecule has 0 radical (unpaired) electrons. The summed E-state index contributed by atoms with van der Waals surface area (Å²) in [5.41, 5.74) is 9.58. The van der Waals surface area contributed by atoms with Gasteiger partial charge in [0.25, 0.3) is 17.7 Å². The number of hydrogen-bond acceptors (Lipinski definition) is 5. The molecular weight excluding hydrogens is 1220 g/mol. The molecule has 0 saturated heterocycles. The molecule has 18 heteroatoms. The van der Waals surface area contributed by atoms with E-state index in [1.165, 1.54) is 24.3 Å². The number of hydrogen-bond donors (Lipinski definition) is 8. The third-order valence-electron chi connectivity index (χ3n) is 14.4. The van der Waals surface area contributed by atoms with Gasteiger partial charge in [-0.3, -0.25) is 19.2 Å². The molecule has 12 rings (SSSR count). The number of fused-ring (bicyclic) bond motifs is 4. The average Bonchev–Trinajstić information content (AvgIpc) is 2.67. The third-order valence-corrected chi connectivity index (χ3v) is 15.7. The minimum Gasteiger partial charge on any atom is -0.373 e. The Hall–Kier alpha value is -8.73. The van der Waals surface area contributed by atoms with E-state index in [0.29, 0.717) is 50.3 Å². The summed E-state index contributed by atoms with van der Waals surface area (Å²) in [7, 11) is 0. The zero-order chi connectivity index (χ0) is 61.0. The van der Waals surface area contributed by atoms with Gasteiger partial charge < -0.3 is 41.5 Å². The van der Waals surface area contributed by atoms with Gasteiger partial charge in [-0.2, -0.15) is 0 Å². The lowest BCUT2D eigenvalue weighted by Gasteiger charge is -2.18. The van der Waals surface area contributed by atoms with Crippen molar-refractivity contribution in [3.63, 3.8) is 0 Å². The third kappa shape index (κ3) is 15.8. The maximum atomic E-state index is 13.9. The van der Waals surface area contributed by atoms with Crippen molar-refractivity contribution in [1.29, 1.82) is 0 Å². The van der Waals surface area contributed by atoms with Crippen LogP contribution in [0.1, 0.15) is 111 Å². The van der Waals surface area contributed by atoms with E-state index in [0.717, 1.165) is 48.9 Å². The van der Waals surface area contributed by atoms with Gasteiger partial charge in [0.15, 0.2) is 5.82 Å². The molecule has 4 amide bonds. The molecule has 1 aliphatic rings.